The summed E-state index contributed by atoms with van der Waals surface area (Å²) >= 11 is 3.20. The van der Waals surface area contributed by atoms with Crippen LogP contribution >= 0.6 is 15.9 Å². The Kier molecular flexibility index (Phi) is 2.40. The van der Waals surface area contributed by atoms with Crippen LogP contribution in [-0.2, 0) is 0 Å². The first-order valence-electron chi connectivity index (χ1n) is 4.13. The molecule has 0 spiro atoms. The van der Waals surface area contributed by atoms with Gasteiger partial charge in [-0.25, -0.2) is 4.79 Å². The molecular weight excluding hydrogens is 264 g/mol. The number of halogens is 1. The molecule has 0 aliphatic rings. The first-order valence-corrected chi connectivity index (χ1v) is 4.92. The molecule has 0 unspecified atom stereocenters. The summed E-state index contributed by atoms with van der Waals surface area (Å²) in [4.78, 5) is 11.0. The van der Waals surface area contributed by atoms with E-state index >= 15 is 0 Å². The standard InChI is InChI=1S/C10H7BrO4/c1-14-7-4-6-5(9(11)10(7)13)2-3-8(12)15-6/h2-4,13H,1H3. The quantitative estimate of drug-likeness (QED) is 0.808. The Morgan fingerprint density at radius 1 is 1.47 bits per heavy atom. The number of hydrogen-bond acceptors (Lipinski definition) is 4. The summed E-state index contributed by atoms with van der Waals surface area (Å²) in [5, 5.41) is 10.3. The average Bonchev–Trinajstić information content (AvgIpc) is 2.23. The summed E-state index contributed by atoms with van der Waals surface area (Å²) in [7, 11) is 1.42. The van der Waals surface area contributed by atoms with Gasteiger partial charge in [0.2, 0.25) is 0 Å². The van der Waals surface area contributed by atoms with Crippen LogP contribution in [0.4, 0.5) is 0 Å². The Labute approximate surface area is 93.2 Å². The molecule has 1 aromatic carbocycles. The van der Waals surface area contributed by atoms with Crippen LogP contribution in [0.15, 0.2) is 31.9 Å². The number of ether oxygens (including phenoxy) is 1. The molecule has 0 aliphatic carbocycles. The predicted molar refractivity (Wildman–Crippen MR) is 58.4 cm³/mol. The van der Waals surface area contributed by atoms with Crippen molar-refractivity contribution < 1.29 is 14.3 Å². The van der Waals surface area contributed by atoms with E-state index < -0.39 is 5.63 Å². The molecule has 1 N–H and O–H groups in total. The van der Waals surface area contributed by atoms with Crippen molar-refractivity contribution in [1.82, 2.24) is 0 Å². The lowest BCUT2D eigenvalue weighted by atomic mass is 10.2. The van der Waals surface area contributed by atoms with Crippen LogP contribution < -0.4 is 10.4 Å². The van der Waals surface area contributed by atoms with Crippen LogP contribution in [0, 0.1) is 0 Å². The van der Waals surface area contributed by atoms with Crippen LogP contribution in [0.2, 0.25) is 0 Å². The third-order valence-electron chi connectivity index (χ3n) is 2.02. The normalized spacial score (nSPS) is 10.5. The van der Waals surface area contributed by atoms with Crippen LogP contribution in [-0.4, -0.2) is 12.2 Å². The third-order valence-corrected chi connectivity index (χ3v) is 2.82. The highest BCUT2D eigenvalue weighted by Gasteiger charge is 2.12. The molecule has 2 aromatic rings. The van der Waals surface area contributed by atoms with E-state index in [1.807, 2.05) is 0 Å². The van der Waals surface area contributed by atoms with E-state index in [0.717, 1.165) is 0 Å². The largest absolute Gasteiger partial charge is 0.503 e. The number of hydrogen-bond donors (Lipinski definition) is 1. The summed E-state index contributed by atoms with van der Waals surface area (Å²) in [5.74, 6) is 0.238. The second kappa shape index (κ2) is 3.58. The predicted octanol–water partition coefficient (Wildman–Crippen LogP) is 2.27. The maximum Gasteiger partial charge on any atom is 0.336 e. The molecule has 0 atom stereocenters. The van der Waals surface area contributed by atoms with E-state index in [1.54, 1.807) is 6.07 Å². The lowest BCUT2D eigenvalue weighted by Gasteiger charge is -2.07. The molecule has 0 radical (unpaired) electrons. The highest BCUT2D eigenvalue weighted by atomic mass is 79.9. The third kappa shape index (κ3) is 1.59. The molecule has 0 aliphatic heterocycles. The van der Waals surface area contributed by atoms with Gasteiger partial charge in [-0.1, -0.05) is 0 Å². The van der Waals surface area contributed by atoms with Crippen molar-refractivity contribution in [3.05, 3.63) is 33.1 Å². The molecule has 2 rings (SSSR count). The van der Waals surface area contributed by atoms with Crippen LogP contribution in [0.1, 0.15) is 0 Å². The minimum atomic E-state index is -0.442. The van der Waals surface area contributed by atoms with Gasteiger partial charge in [-0.3, -0.25) is 0 Å². The first-order chi connectivity index (χ1) is 7.13. The molecule has 15 heavy (non-hydrogen) atoms. The number of phenols is 1. The maximum atomic E-state index is 11.0. The number of aromatic hydroxyl groups is 1. The summed E-state index contributed by atoms with van der Waals surface area (Å²) in [6, 6.07) is 4.33. The van der Waals surface area contributed by atoms with E-state index in [9.17, 15) is 9.90 Å². The smallest absolute Gasteiger partial charge is 0.336 e. The molecule has 0 bridgehead atoms. The first kappa shape index (κ1) is 10.0. The van der Waals surface area contributed by atoms with E-state index in [1.165, 1.54) is 19.2 Å². The van der Waals surface area contributed by atoms with Crippen LogP contribution in [0.25, 0.3) is 11.0 Å². The number of rotatable bonds is 1. The van der Waals surface area contributed by atoms with Gasteiger partial charge in [0.25, 0.3) is 0 Å². The van der Waals surface area contributed by atoms with Crippen molar-refractivity contribution in [2.75, 3.05) is 7.11 Å². The second-order valence-electron chi connectivity index (χ2n) is 2.91. The van der Waals surface area contributed by atoms with Gasteiger partial charge >= 0.3 is 5.63 Å². The van der Waals surface area contributed by atoms with Crippen molar-refractivity contribution in [3.63, 3.8) is 0 Å². The Morgan fingerprint density at radius 3 is 2.87 bits per heavy atom. The molecule has 1 heterocycles. The number of fused-ring (bicyclic) bond motifs is 1. The highest BCUT2D eigenvalue weighted by molar-refractivity contribution is 9.10. The molecule has 4 nitrogen and oxygen atoms in total. The summed E-state index contributed by atoms with van der Waals surface area (Å²) < 4.78 is 10.3. The fraction of sp³-hybridized carbons (Fsp3) is 0.100. The summed E-state index contributed by atoms with van der Waals surface area (Å²) in [6.07, 6.45) is 0. The molecule has 1 aromatic heterocycles. The van der Waals surface area contributed by atoms with Gasteiger partial charge in [-0.2, -0.15) is 0 Å². The number of phenolic OH excluding ortho intramolecular Hbond substituents is 1. The fourth-order valence-electron chi connectivity index (χ4n) is 1.30. The van der Waals surface area contributed by atoms with Gasteiger partial charge in [-0.15, -0.1) is 0 Å². The van der Waals surface area contributed by atoms with E-state index in [2.05, 4.69) is 15.9 Å². The number of methoxy groups -OCH3 is 1. The molecule has 5 heteroatoms. The van der Waals surface area contributed by atoms with Gasteiger partial charge in [0.05, 0.1) is 11.6 Å². The van der Waals surface area contributed by atoms with Crippen molar-refractivity contribution in [3.8, 4) is 11.5 Å². The Hall–Kier alpha value is -1.49. The minimum Gasteiger partial charge on any atom is -0.503 e. The van der Waals surface area contributed by atoms with E-state index in [0.29, 0.717) is 15.4 Å². The molecule has 0 saturated carbocycles. The summed E-state index contributed by atoms with van der Waals surface area (Å²) in [5.41, 5.74) is -0.0776. The molecular formula is C10H7BrO4. The van der Waals surface area contributed by atoms with Crippen molar-refractivity contribution >= 4 is 26.9 Å². The van der Waals surface area contributed by atoms with Crippen LogP contribution in [0.5, 0.6) is 11.5 Å². The lowest BCUT2D eigenvalue weighted by molar-refractivity contribution is 0.371. The molecule has 78 valence electrons. The Balaban J connectivity index is 2.90. The zero-order chi connectivity index (χ0) is 11.0. The molecule has 0 amide bonds. The van der Waals surface area contributed by atoms with Crippen molar-refractivity contribution in [2.45, 2.75) is 0 Å². The second-order valence-corrected chi connectivity index (χ2v) is 3.70. The lowest BCUT2D eigenvalue weighted by Crippen LogP contribution is -1.95. The molecule has 0 saturated heterocycles. The van der Waals surface area contributed by atoms with Crippen molar-refractivity contribution in [2.24, 2.45) is 0 Å². The minimum absolute atomic E-state index is 0.0150. The van der Waals surface area contributed by atoms with Crippen LogP contribution in [0.3, 0.4) is 0 Å². The monoisotopic (exact) mass is 270 g/mol. The summed E-state index contributed by atoms with van der Waals surface area (Å²) in [6.45, 7) is 0. The van der Waals surface area contributed by atoms with Gasteiger partial charge in [0.1, 0.15) is 5.58 Å². The number of benzene rings is 1. The highest BCUT2D eigenvalue weighted by Crippen LogP contribution is 2.39. The van der Waals surface area contributed by atoms with E-state index in [4.69, 9.17) is 9.15 Å². The van der Waals surface area contributed by atoms with Gasteiger partial charge in [-0.05, 0) is 22.0 Å². The Bertz CT molecular complexity index is 573. The zero-order valence-electron chi connectivity index (χ0n) is 7.78. The topological polar surface area (TPSA) is 59.7 Å². The van der Waals surface area contributed by atoms with Gasteiger partial charge in [0, 0.05) is 17.5 Å². The SMILES string of the molecule is COc1cc2oc(=O)ccc2c(Br)c1O. The molecule has 0 fully saturated rings. The zero-order valence-corrected chi connectivity index (χ0v) is 9.37. The fourth-order valence-corrected chi connectivity index (χ4v) is 1.82. The van der Waals surface area contributed by atoms with Crippen molar-refractivity contribution in [1.29, 1.82) is 0 Å². The maximum absolute atomic E-state index is 11.0. The van der Waals surface area contributed by atoms with E-state index in [-0.39, 0.29) is 11.5 Å². The Morgan fingerprint density at radius 2 is 2.20 bits per heavy atom. The average molecular weight is 271 g/mol. The van der Waals surface area contributed by atoms with Gasteiger partial charge < -0.3 is 14.3 Å². The van der Waals surface area contributed by atoms with Gasteiger partial charge in [0.15, 0.2) is 11.5 Å².